The van der Waals surface area contributed by atoms with Crippen LogP contribution in [-0.4, -0.2) is 58.0 Å². The normalized spacial score (nSPS) is 14.5. The summed E-state index contributed by atoms with van der Waals surface area (Å²) in [5.74, 6) is 1.00. The molecule has 0 radical (unpaired) electrons. The van der Waals surface area contributed by atoms with Crippen molar-refractivity contribution < 1.29 is 9.53 Å². The number of piperazine rings is 1. The van der Waals surface area contributed by atoms with Crippen molar-refractivity contribution in [1.82, 2.24) is 19.4 Å². The molecule has 0 atom stereocenters. The molecule has 0 saturated carbocycles. The summed E-state index contributed by atoms with van der Waals surface area (Å²) in [6, 6.07) is 24.1. The zero-order chi connectivity index (χ0) is 22.6. The van der Waals surface area contributed by atoms with Gasteiger partial charge in [-0.15, -0.1) is 0 Å². The Morgan fingerprint density at radius 1 is 0.909 bits per heavy atom. The lowest BCUT2D eigenvalue weighted by Crippen LogP contribution is -2.48. The van der Waals surface area contributed by atoms with Crippen molar-refractivity contribution in [1.29, 1.82) is 0 Å². The Labute approximate surface area is 194 Å². The lowest BCUT2D eigenvalue weighted by molar-refractivity contribution is 0.0628. The zero-order valence-electron chi connectivity index (χ0n) is 18.9. The Hall–Kier alpha value is -3.64. The first-order valence-electron chi connectivity index (χ1n) is 11.5. The maximum Gasteiger partial charge on any atom is 0.253 e. The van der Waals surface area contributed by atoms with E-state index in [9.17, 15) is 4.79 Å². The molecule has 4 aromatic rings. The molecule has 6 heteroatoms. The molecule has 2 heterocycles. The van der Waals surface area contributed by atoms with Crippen LogP contribution in [0.5, 0.6) is 5.75 Å². The van der Waals surface area contributed by atoms with Gasteiger partial charge in [0, 0.05) is 44.0 Å². The van der Waals surface area contributed by atoms with Gasteiger partial charge in [-0.25, -0.2) is 4.98 Å². The molecule has 1 aliphatic rings. The Balaban J connectivity index is 1.18. The van der Waals surface area contributed by atoms with E-state index in [-0.39, 0.29) is 5.91 Å². The third-order valence-corrected chi connectivity index (χ3v) is 6.15. The predicted octanol–water partition coefficient (Wildman–Crippen LogP) is 4.38. The van der Waals surface area contributed by atoms with E-state index in [0.717, 1.165) is 60.8 Å². The summed E-state index contributed by atoms with van der Waals surface area (Å²) in [5.41, 5.74) is 5.00. The smallest absolute Gasteiger partial charge is 0.253 e. The topological polar surface area (TPSA) is 50.6 Å². The second-order valence-electron chi connectivity index (χ2n) is 8.30. The van der Waals surface area contributed by atoms with E-state index in [0.29, 0.717) is 6.61 Å². The maximum absolute atomic E-state index is 13.0. The molecule has 0 unspecified atom stereocenters. The van der Waals surface area contributed by atoms with Gasteiger partial charge in [-0.1, -0.05) is 24.3 Å². The number of ether oxygens (including phenoxy) is 1. The molecule has 0 bridgehead atoms. The number of imidazole rings is 1. The van der Waals surface area contributed by atoms with Gasteiger partial charge >= 0.3 is 0 Å². The number of para-hydroxylation sites is 2. The van der Waals surface area contributed by atoms with E-state index in [1.165, 1.54) is 5.56 Å². The Morgan fingerprint density at radius 3 is 2.36 bits per heavy atom. The minimum Gasteiger partial charge on any atom is -0.494 e. The summed E-state index contributed by atoms with van der Waals surface area (Å²) in [5, 5.41) is 0. The van der Waals surface area contributed by atoms with Crippen LogP contribution in [0.2, 0.25) is 0 Å². The number of amides is 1. The Kier molecular flexibility index (Phi) is 6.09. The molecule has 1 aromatic heterocycles. The zero-order valence-corrected chi connectivity index (χ0v) is 18.9. The van der Waals surface area contributed by atoms with Crippen LogP contribution in [0.4, 0.5) is 0 Å². The minimum absolute atomic E-state index is 0.0951. The molecule has 5 rings (SSSR count). The first-order valence-corrected chi connectivity index (χ1v) is 11.5. The third kappa shape index (κ3) is 4.61. The number of aromatic nitrogens is 2. The molecule has 0 aliphatic carbocycles. The lowest BCUT2D eigenvalue weighted by Gasteiger charge is -2.34. The van der Waals surface area contributed by atoms with E-state index in [2.05, 4.69) is 22.0 Å². The summed E-state index contributed by atoms with van der Waals surface area (Å²) in [6.07, 6.45) is 1.82. The molecular formula is C27H28N4O2. The molecule has 3 aromatic carbocycles. The third-order valence-electron chi connectivity index (χ3n) is 6.15. The summed E-state index contributed by atoms with van der Waals surface area (Å²) in [6.45, 7) is 6.79. The molecule has 1 amide bonds. The van der Waals surface area contributed by atoms with Crippen LogP contribution in [0.15, 0.2) is 79.1 Å². The van der Waals surface area contributed by atoms with Gasteiger partial charge in [0.25, 0.3) is 5.91 Å². The molecule has 1 saturated heterocycles. The highest BCUT2D eigenvalue weighted by Gasteiger charge is 2.22. The van der Waals surface area contributed by atoms with Crippen molar-refractivity contribution in [3.05, 3.63) is 90.3 Å². The number of hydrogen-bond donors (Lipinski definition) is 0. The molecule has 0 spiro atoms. The molecule has 1 fully saturated rings. The van der Waals surface area contributed by atoms with Crippen molar-refractivity contribution in [2.24, 2.45) is 0 Å². The number of hydrogen-bond acceptors (Lipinski definition) is 4. The first-order chi connectivity index (χ1) is 16.2. The average molecular weight is 441 g/mol. The first kappa shape index (κ1) is 21.2. The highest BCUT2D eigenvalue weighted by Crippen LogP contribution is 2.20. The van der Waals surface area contributed by atoms with Crippen LogP contribution in [0.3, 0.4) is 0 Å². The van der Waals surface area contributed by atoms with E-state index >= 15 is 0 Å². The van der Waals surface area contributed by atoms with Crippen molar-refractivity contribution in [2.75, 3.05) is 32.8 Å². The van der Waals surface area contributed by atoms with Gasteiger partial charge in [0.05, 0.1) is 17.6 Å². The van der Waals surface area contributed by atoms with Crippen LogP contribution < -0.4 is 4.74 Å². The van der Waals surface area contributed by atoms with E-state index < -0.39 is 0 Å². The van der Waals surface area contributed by atoms with Crippen molar-refractivity contribution in [2.45, 2.75) is 13.5 Å². The fourth-order valence-electron chi connectivity index (χ4n) is 4.34. The molecule has 168 valence electrons. The summed E-state index contributed by atoms with van der Waals surface area (Å²) in [7, 11) is 0. The van der Waals surface area contributed by atoms with Crippen molar-refractivity contribution in [3.63, 3.8) is 0 Å². The fraction of sp³-hybridized carbons (Fsp3) is 0.259. The SMILES string of the molecule is CCOc1ccc(CN2CCN(C(=O)c3ccc(-n4cnc5ccccc54)cc3)CC2)cc1. The van der Waals surface area contributed by atoms with Gasteiger partial charge in [0.1, 0.15) is 12.1 Å². The monoisotopic (exact) mass is 440 g/mol. The van der Waals surface area contributed by atoms with Crippen LogP contribution in [0, 0.1) is 0 Å². The Bertz CT molecular complexity index is 1220. The van der Waals surface area contributed by atoms with Crippen LogP contribution in [0.1, 0.15) is 22.8 Å². The second kappa shape index (κ2) is 9.46. The standard InChI is InChI=1S/C27H28N4O2/c1-2-33-24-13-7-21(8-14-24)19-29-15-17-30(18-16-29)27(32)22-9-11-23(12-10-22)31-20-28-25-5-3-4-6-26(25)31/h3-14,20H,2,15-19H2,1H3. The number of fused-ring (bicyclic) bond motifs is 1. The average Bonchev–Trinajstić information content (AvgIpc) is 3.30. The summed E-state index contributed by atoms with van der Waals surface area (Å²) < 4.78 is 7.56. The number of carbonyl (C=O) groups is 1. The van der Waals surface area contributed by atoms with Gasteiger partial charge in [0.2, 0.25) is 0 Å². The highest BCUT2D eigenvalue weighted by molar-refractivity contribution is 5.94. The fourth-order valence-corrected chi connectivity index (χ4v) is 4.34. The molecule has 0 N–H and O–H groups in total. The number of carbonyl (C=O) groups excluding carboxylic acids is 1. The van der Waals surface area contributed by atoms with Crippen molar-refractivity contribution in [3.8, 4) is 11.4 Å². The van der Waals surface area contributed by atoms with Gasteiger partial charge in [0.15, 0.2) is 0 Å². The van der Waals surface area contributed by atoms with E-state index in [4.69, 9.17) is 4.74 Å². The predicted molar refractivity (Wildman–Crippen MR) is 130 cm³/mol. The largest absolute Gasteiger partial charge is 0.494 e. The molecule has 33 heavy (non-hydrogen) atoms. The molecular weight excluding hydrogens is 412 g/mol. The van der Waals surface area contributed by atoms with Gasteiger partial charge in [-0.2, -0.15) is 0 Å². The van der Waals surface area contributed by atoms with E-state index in [1.807, 2.05) is 83.4 Å². The quantitative estimate of drug-likeness (QED) is 0.446. The number of benzene rings is 3. The number of rotatable bonds is 6. The van der Waals surface area contributed by atoms with Crippen LogP contribution in [0.25, 0.3) is 16.7 Å². The minimum atomic E-state index is 0.0951. The highest BCUT2D eigenvalue weighted by atomic mass is 16.5. The van der Waals surface area contributed by atoms with Crippen LogP contribution >= 0.6 is 0 Å². The van der Waals surface area contributed by atoms with Crippen LogP contribution in [-0.2, 0) is 6.54 Å². The number of nitrogens with zero attached hydrogens (tertiary/aromatic N) is 4. The van der Waals surface area contributed by atoms with Crippen molar-refractivity contribution >= 4 is 16.9 Å². The Morgan fingerprint density at radius 2 is 1.64 bits per heavy atom. The second-order valence-corrected chi connectivity index (χ2v) is 8.30. The van der Waals surface area contributed by atoms with Gasteiger partial charge < -0.3 is 9.64 Å². The molecule has 1 aliphatic heterocycles. The molecule has 6 nitrogen and oxygen atoms in total. The van der Waals surface area contributed by atoms with Gasteiger partial charge in [-0.05, 0) is 61.0 Å². The maximum atomic E-state index is 13.0. The van der Waals surface area contributed by atoms with E-state index in [1.54, 1.807) is 0 Å². The summed E-state index contributed by atoms with van der Waals surface area (Å²) in [4.78, 5) is 21.9. The lowest BCUT2D eigenvalue weighted by atomic mass is 10.1. The van der Waals surface area contributed by atoms with Gasteiger partial charge in [-0.3, -0.25) is 14.3 Å². The summed E-state index contributed by atoms with van der Waals surface area (Å²) >= 11 is 0.